The lowest BCUT2D eigenvalue weighted by atomic mass is 10.1. The molecule has 0 spiro atoms. The van der Waals surface area contributed by atoms with Crippen molar-refractivity contribution in [1.82, 2.24) is 10.2 Å². The molecule has 4 nitrogen and oxygen atoms in total. The number of benzene rings is 1. The second kappa shape index (κ2) is 9.46. The van der Waals surface area contributed by atoms with Crippen molar-refractivity contribution < 1.29 is 9.53 Å². The lowest BCUT2D eigenvalue weighted by Gasteiger charge is -2.33. The third-order valence-electron chi connectivity index (χ3n) is 4.13. The van der Waals surface area contributed by atoms with Gasteiger partial charge in [-0.25, -0.2) is 4.79 Å². The number of carbonyl (C=O) groups excluding carboxylic acids is 1. The summed E-state index contributed by atoms with van der Waals surface area (Å²) in [5.74, 6) is 0. The first-order valence-corrected chi connectivity index (χ1v) is 8.49. The lowest BCUT2D eigenvalue weighted by molar-refractivity contribution is 0.0778. The number of rotatable bonds is 7. The molecule has 0 atom stereocenters. The molecule has 2 rings (SSSR count). The SMILES string of the molecule is CCCN(C(=O)OCCCc1ccccc1)C1CCNCC1. The van der Waals surface area contributed by atoms with Gasteiger partial charge in [-0.05, 0) is 50.8 Å². The fraction of sp³-hybridized carbons (Fsp3) is 0.611. The van der Waals surface area contributed by atoms with Gasteiger partial charge in [-0.3, -0.25) is 0 Å². The third-order valence-corrected chi connectivity index (χ3v) is 4.13. The van der Waals surface area contributed by atoms with Gasteiger partial charge in [0, 0.05) is 12.6 Å². The largest absolute Gasteiger partial charge is 0.449 e. The van der Waals surface area contributed by atoms with Gasteiger partial charge in [0.15, 0.2) is 0 Å². The molecule has 0 aliphatic carbocycles. The Balaban J connectivity index is 1.73. The van der Waals surface area contributed by atoms with Crippen LogP contribution in [-0.2, 0) is 11.2 Å². The predicted molar refractivity (Wildman–Crippen MR) is 89.0 cm³/mol. The molecule has 1 N–H and O–H groups in total. The molecule has 4 heteroatoms. The zero-order valence-corrected chi connectivity index (χ0v) is 13.6. The van der Waals surface area contributed by atoms with Crippen molar-refractivity contribution in [2.45, 2.75) is 45.1 Å². The van der Waals surface area contributed by atoms with E-state index in [9.17, 15) is 4.79 Å². The van der Waals surface area contributed by atoms with E-state index in [4.69, 9.17) is 4.74 Å². The van der Waals surface area contributed by atoms with Gasteiger partial charge in [0.05, 0.1) is 6.61 Å². The maximum atomic E-state index is 12.3. The number of amides is 1. The van der Waals surface area contributed by atoms with E-state index in [-0.39, 0.29) is 6.09 Å². The van der Waals surface area contributed by atoms with E-state index in [1.807, 2.05) is 23.1 Å². The third kappa shape index (κ3) is 5.34. The average Bonchev–Trinajstić information content (AvgIpc) is 2.58. The second-order valence-corrected chi connectivity index (χ2v) is 5.88. The number of aryl methyl sites for hydroxylation is 1. The number of hydrogen-bond donors (Lipinski definition) is 1. The van der Waals surface area contributed by atoms with Crippen LogP contribution in [0.15, 0.2) is 30.3 Å². The molecule has 22 heavy (non-hydrogen) atoms. The molecular formula is C18H28N2O2. The molecule has 122 valence electrons. The Morgan fingerprint density at radius 3 is 2.68 bits per heavy atom. The molecule has 0 aromatic heterocycles. The summed E-state index contributed by atoms with van der Waals surface area (Å²) in [6.45, 7) is 5.39. The Labute approximate surface area is 133 Å². The molecule has 1 aliphatic rings. The highest BCUT2D eigenvalue weighted by Crippen LogP contribution is 2.14. The smallest absolute Gasteiger partial charge is 0.410 e. The Morgan fingerprint density at radius 1 is 1.27 bits per heavy atom. The van der Waals surface area contributed by atoms with Crippen LogP contribution in [0, 0.1) is 0 Å². The molecule has 0 radical (unpaired) electrons. The maximum Gasteiger partial charge on any atom is 0.410 e. The van der Waals surface area contributed by atoms with Gasteiger partial charge in [-0.2, -0.15) is 0 Å². The zero-order valence-electron chi connectivity index (χ0n) is 13.6. The highest BCUT2D eigenvalue weighted by Gasteiger charge is 2.25. The highest BCUT2D eigenvalue weighted by atomic mass is 16.6. The van der Waals surface area contributed by atoms with Crippen LogP contribution in [0.4, 0.5) is 4.79 Å². The van der Waals surface area contributed by atoms with Crippen LogP contribution in [0.3, 0.4) is 0 Å². The minimum Gasteiger partial charge on any atom is -0.449 e. The van der Waals surface area contributed by atoms with Crippen molar-refractivity contribution in [2.24, 2.45) is 0 Å². The molecule has 0 saturated carbocycles. The monoisotopic (exact) mass is 304 g/mol. The Hall–Kier alpha value is -1.55. The van der Waals surface area contributed by atoms with E-state index in [0.717, 1.165) is 51.7 Å². The first-order chi connectivity index (χ1) is 10.8. The summed E-state index contributed by atoms with van der Waals surface area (Å²) >= 11 is 0. The number of carbonyl (C=O) groups is 1. The number of hydrogen-bond acceptors (Lipinski definition) is 3. The minimum atomic E-state index is -0.137. The van der Waals surface area contributed by atoms with Crippen molar-refractivity contribution >= 4 is 6.09 Å². The van der Waals surface area contributed by atoms with Gasteiger partial charge in [0.2, 0.25) is 0 Å². The van der Waals surface area contributed by atoms with Crippen molar-refractivity contribution in [1.29, 1.82) is 0 Å². The quantitative estimate of drug-likeness (QED) is 0.786. The Kier molecular flexibility index (Phi) is 7.23. The van der Waals surface area contributed by atoms with Crippen LogP contribution < -0.4 is 5.32 Å². The summed E-state index contributed by atoms with van der Waals surface area (Å²) < 4.78 is 5.50. The van der Waals surface area contributed by atoms with Crippen LogP contribution in [0.5, 0.6) is 0 Å². The summed E-state index contributed by atoms with van der Waals surface area (Å²) in [5.41, 5.74) is 1.29. The van der Waals surface area contributed by atoms with Crippen LogP contribution in [0.2, 0.25) is 0 Å². The Bertz CT molecular complexity index is 430. The topological polar surface area (TPSA) is 41.6 Å². The van der Waals surface area contributed by atoms with Crippen molar-refractivity contribution in [3.8, 4) is 0 Å². The highest BCUT2D eigenvalue weighted by molar-refractivity contribution is 5.68. The second-order valence-electron chi connectivity index (χ2n) is 5.88. The fourth-order valence-electron chi connectivity index (χ4n) is 2.95. The molecule has 1 heterocycles. The van der Waals surface area contributed by atoms with Crippen molar-refractivity contribution in [3.63, 3.8) is 0 Å². The van der Waals surface area contributed by atoms with E-state index < -0.39 is 0 Å². The lowest BCUT2D eigenvalue weighted by Crippen LogP contribution is -2.46. The molecular weight excluding hydrogens is 276 g/mol. The van der Waals surface area contributed by atoms with Gasteiger partial charge in [-0.1, -0.05) is 37.3 Å². The van der Waals surface area contributed by atoms with Crippen LogP contribution in [0.1, 0.15) is 38.2 Å². The predicted octanol–water partition coefficient (Wildman–Crippen LogP) is 3.22. The molecule has 1 amide bonds. The maximum absolute atomic E-state index is 12.3. The number of piperidine rings is 1. The summed E-state index contributed by atoms with van der Waals surface area (Å²) in [4.78, 5) is 14.3. The van der Waals surface area contributed by atoms with Gasteiger partial charge in [0.25, 0.3) is 0 Å². The molecule has 0 unspecified atom stereocenters. The number of nitrogens with zero attached hydrogens (tertiary/aromatic N) is 1. The van der Waals surface area contributed by atoms with E-state index in [0.29, 0.717) is 12.6 Å². The van der Waals surface area contributed by atoms with Gasteiger partial charge in [0.1, 0.15) is 0 Å². The van der Waals surface area contributed by atoms with Crippen LogP contribution in [-0.4, -0.2) is 43.3 Å². The average molecular weight is 304 g/mol. The van der Waals surface area contributed by atoms with Crippen molar-refractivity contribution in [3.05, 3.63) is 35.9 Å². The fourth-order valence-corrected chi connectivity index (χ4v) is 2.95. The molecule has 1 aromatic rings. The standard InChI is InChI=1S/C18H28N2O2/c1-2-14-20(17-10-12-19-13-11-17)18(21)22-15-6-9-16-7-4-3-5-8-16/h3-5,7-8,17,19H,2,6,9-15H2,1H3. The molecule has 1 fully saturated rings. The summed E-state index contributed by atoms with van der Waals surface area (Å²) in [5, 5.41) is 3.34. The van der Waals surface area contributed by atoms with E-state index in [2.05, 4.69) is 24.4 Å². The van der Waals surface area contributed by atoms with E-state index in [1.165, 1.54) is 5.56 Å². The van der Waals surface area contributed by atoms with E-state index in [1.54, 1.807) is 0 Å². The molecule has 1 saturated heterocycles. The van der Waals surface area contributed by atoms with Crippen molar-refractivity contribution in [2.75, 3.05) is 26.2 Å². The molecule has 0 bridgehead atoms. The first kappa shape index (κ1) is 16.8. The van der Waals surface area contributed by atoms with Gasteiger partial charge in [-0.15, -0.1) is 0 Å². The summed E-state index contributed by atoms with van der Waals surface area (Å²) in [7, 11) is 0. The number of nitrogens with one attached hydrogen (secondary N) is 1. The normalized spacial score (nSPS) is 15.5. The Morgan fingerprint density at radius 2 is 2.00 bits per heavy atom. The summed E-state index contributed by atoms with van der Waals surface area (Å²) in [6, 6.07) is 10.7. The molecule has 1 aromatic carbocycles. The van der Waals surface area contributed by atoms with Crippen LogP contribution >= 0.6 is 0 Å². The van der Waals surface area contributed by atoms with Gasteiger partial charge < -0.3 is 15.0 Å². The van der Waals surface area contributed by atoms with Crippen LogP contribution in [0.25, 0.3) is 0 Å². The zero-order chi connectivity index (χ0) is 15.6. The summed E-state index contributed by atoms with van der Waals surface area (Å²) in [6.07, 6.45) is 4.72. The first-order valence-electron chi connectivity index (χ1n) is 8.49. The van der Waals surface area contributed by atoms with E-state index >= 15 is 0 Å². The van der Waals surface area contributed by atoms with Gasteiger partial charge >= 0.3 is 6.09 Å². The molecule has 1 aliphatic heterocycles. The minimum absolute atomic E-state index is 0.137. The number of ether oxygens (including phenoxy) is 1.